The van der Waals surface area contributed by atoms with Crippen molar-refractivity contribution in [3.63, 3.8) is 0 Å². The number of rotatable bonds is 6. The zero-order chi connectivity index (χ0) is 12.8. The molecule has 0 radical (unpaired) electrons. The molecule has 0 amide bonds. The highest BCUT2D eigenvalue weighted by Crippen LogP contribution is 2.23. The van der Waals surface area contributed by atoms with Crippen molar-refractivity contribution in [2.45, 2.75) is 19.0 Å². The molecule has 94 valence electrons. The van der Waals surface area contributed by atoms with Gasteiger partial charge >= 0.3 is 0 Å². The molecular formula is C15H16BrNO. The van der Waals surface area contributed by atoms with Gasteiger partial charge in [0.05, 0.1) is 6.04 Å². The molecule has 1 atom stereocenters. The Morgan fingerprint density at radius 3 is 2.61 bits per heavy atom. The summed E-state index contributed by atoms with van der Waals surface area (Å²) in [6.45, 7) is 4.61. The summed E-state index contributed by atoms with van der Waals surface area (Å²) >= 11 is 3.33. The molecule has 0 spiro atoms. The van der Waals surface area contributed by atoms with E-state index in [1.165, 1.54) is 5.56 Å². The predicted octanol–water partition coefficient (Wildman–Crippen LogP) is 4.45. The van der Waals surface area contributed by atoms with Crippen LogP contribution in [0.4, 0.5) is 0 Å². The Kier molecular flexibility index (Phi) is 4.79. The van der Waals surface area contributed by atoms with Gasteiger partial charge in [0.25, 0.3) is 0 Å². The monoisotopic (exact) mass is 305 g/mol. The lowest BCUT2D eigenvalue weighted by Crippen LogP contribution is -2.19. The summed E-state index contributed by atoms with van der Waals surface area (Å²) < 4.78 is 6.35. The molecule has 0 aliphatic heterocycles. The van der Waals surface area contributed by atoms with Gasteiger partial charge in [0, 0.05) is 6.54 Å². The molecule has 0 saturated carbocycles. The minimum absolute atomic E-state index is 0.161. The Morgan fingerprint density at radius 2 is 2.00 bits per heavy atom. The molecule has 2 aromatic rings. The number of hydrogen-bond donors (Lipinski definition) is 1. The average Bonchev–Trinajstić information content (AvgIpc) is 2.82. The van der Waals surface area contributed by atoms with Crippen LogP contribution >= 0.6 is 15.9 Å². The van der Waals surface area contributed by atoms with Crippen LogP contribution in [0.5, 0.6) is 0 Å². The zero-order valence-corrected chi connectivity index (χ0v) is 11.7. The molecule has 2 nitrogen and oxygen atoms in total. The summed E-state index contributed by atoms with van der Waals surface area (Å²) in [5, 5.41) is 3.48. The van der Waals surface area contributed by atoms with Crippen LogP contribution in [-0.2, 0) is 6.54 Å². The number of nitrogens with one attached hydrogen (secondary N) is 1. The molecule has 0 bridgehead atoms. The van der Waals surface area contributed by atoms with E-state index >= 15 is 0 Å². The first-order valence-electron chi connectivity index (χ1n) is 5.93. The van der Waals surface area contributed by atoms with Gasteiger partial charge in [-0.1, -0.05) is 36.4 Å². The highest BCUT2D eigenvalue weighted by atomic mass is 79.9. The summed E-state index contributed by atoms with van der Waals surface area (Å²) in [6, 6.07) is 14.4. The third-order valence-electron chi connectivity index (χ3n) is 2.74. The van der Waals surface area contributed by atoms with Crippen molar-refractivity contribution >= 4 is 15.9 Å². The highest BCUT2D eigenvalue weighted by Gasteiger charge is 2.13. The summed E-state index contributed by atoms with van der Waals surface area (Å²) in [5.41, 5.74) is 1.26. The molecule has 0 unspecified atom stereocenters. The summed E-state index contributed by atoms with van der Waals surface area (Å²) in [5.74, 6) is 0.928. The lowest BCUT2D eigenvalue weighted by atomic mass is 10.1. The van der Waals surface area contributed by atoms with E-state index in [9.17, 15) is 0 Å². The Labute approximate surface area is 116 Å². The van der Waals surface area contributed by atoms with E-state index < -0.39 is 0 Å². The normalized spacial score (nSPS) is 12.3. The van der Waals surface area contributed by atoms with Crippen LogP contribution in [0.15, 0.2) is 64.2 Å². The lowest BCUT2D eigenvalue weighted by molar-refractivity contribution is 0.402. The van der Waals surface area contributed by atoms with Crippen LogP contribution in [0.2, 0.25) is 0 Å². The van der Waals surface area contributed by atoms with E-state index in [1.807, 2.05) is 36.4 Å². The molecule has 0 fully saturated rings. The van der Waals surface area contributed by atoms with Crippen molar-refractivity contribution in [1.29, 1.82) is 0 Å². The Balaban J connectivity index is 2.01. The van der Waals surface area contributed by atoms with Crippen LogP contribution in [0, 0.1) is 0 Å². The molecule has 0 saturated heterocycles. The number of benzene rings is 1. The molecule has 1 aromatic carbocycles. The number of furan rings is 1. The van der Waals surface area contributed by atoms with Crippen molar-refractivity contribution in [2.24, 2.45) is 0 Å². The van der Waals surface area contributed by atoms with Crippen molar-refractivity contribution in [2.75, 3.05) is 0 Å². The lowest BCUT2D eigenvalue weighted by Gasteiger charge is -2.14. The molecule has 18 heavy (non-hydrogen) atoms. The predicted molar refractivity (Wildman–Crippen MR) is 77.2 cm³/mol. The van der Waals surface area contributed by atoms with Gasteiger partial charge in [-0.25, -0.2) is 0 Å². The van der Waals surface area contributed by atoms with E-state index in [4.69, 9.17) is 4.42 Å². The molecule has 1 heterocycles. The summed E-state index contributed by atoms with van der Waals surface area (Å²) in [4.78, 5) is 0. The maximum Gasteiger partial charge on any atom is 0.169 e. The van der Waals surface area contributed by atoms with Crippen LogP contribution in [0.25, 0.3) is 0 Å². The molecule has 3 heteroatoms. The quantitative estimate of drug-likeness (QED) is 0.798. The van der Waals surface area contributed by atoms with Crippen molar-refractivity contribution < 1.29 is 4.42 Å². The van der Waals surface area contributed by atoms with Gasteiger partial charge < -0.3 is 9.73 Å². The van der Waals surface area contributed by atoms with Crippen LogP contribution in [0.3, 0.4) is 0 Å². The SMILES string of the molecule is C=CC[C@@H](NCc1ccccc1)c1ccc(Br)o1. The largest absolute Gasteiger partial charge is 0.453 e. The first kappa shape index (κ1) is 13.1. The van der Waals surface area contributed by atoms with Crippen LogP contribution < -0.4 is 5.32 Å². The van der Waals surface area contributed by atoms with Crippen molar-refractivity contribution in [3.05, 3.63) is 71.1 Å². The molecule has 1 N–H and O–H groups in total. The van der Waals surface area contributed by atoms with Gasteiger partial charge in [-0.3, -0.25) is 0 Å². The Hall–Kier alpha value is -1.32. The van der Waals surface area contributed by atoms with Gasteiger partial charge in [-0.15, -0.1) is 6.58 Å². The molecule has 0 aliphatic rings. The second-order valence-electron chi connectivity index (χ2n) is 4.09. The molecule has 1 aromatic heterocycles. The second-order valence-corrected chi connectivity index (χ2v) is 4.87. The Morgan fingerprint density at radius 1 is 1.22 bits per heavy atom. The highest BCUT2D eigenvalue weighted by molar-refractivity contribution is 9.10. The fourth-order valence-electron chi connectivity index (χ4n) is 1.82. The minimum Gasteiger partial charge on any atom is -0.453 e. The van der Waals surface area contributed by atoms with Gasteiger partial charge in [0.2, 0.25) is 0 Å². The van der Waals surface area contributed by atoms with E-state index in [0.717, 1.165) is 23.4 Å². The fraction of sp³-hybridized carbons (Fsp3) is 0.200. The van der Waals surface area contributed by atoms with E-state index in [2.05, 4.69) is 40.0 Å². The minimum atomic E-state index is 0.161. The van der Waals surface area contributed by atoms with Crippen molar-refractivity contribution in [3.8, 4) is 0 Å². The van der Waals surface area contributed by atoms with Gasteiger partial charge in [0.15, 0.2) is 4.67 Å². The third kappa shape index (κ3) is 3.59. The van der Waals surface area contributed by atoms with Gasteiger partial charge in [0.1, 0.15) is 5.76 Å². The first-order valence-corrected chi connectivity index (χ1v) is 6.72. The van der Waals surface area contributed by atoms with E-state index in [1.54, 1.807) is 0 Å². The molecular weight excluding hydrogens is 290 g/mol. The maximum atomic E-state index is 5.59. The standard InChI is InChI=1S/C15H16BrNO/c1-2-6-13(14-9-10-15(16)18-14)17-11-12-7-4-3-5-8-12/h2-5,7-10,13,17H,1,6,11H2/t13-/m1/s1. The van der Waals surface area contributed by atoms with Crippen LogP contribution in [0.1, 0.15) is 23.8 Å². The average molecular weight is 306 g/mol. The fourth-order valence-corrected chi connectivity index (χ4v) is 2.14. The first-order chi connectivity index (χ1) is 8.79. The van der Waals surface area contributed by atoms with Crippen molar-refractivity contribution in [1.82, 2.24) is 5.32 Å². The van der Waals surface area contributed by atoms with Gasteiger partial charge in [-0.05, 0) is 40.0 Å². The van der Waals surface area contributed by atoms with Crippen LogP contribution in [-0.4, -0.2) is 0 Å². The smallest absolute Gasteiger partial charge is 0.169 e. The summed E-state index contributed by atoms with van der Waals surface area (Å²) in [6.07, 6.45) is 2.74. The van der Waals surface area contributed by atoms with Gasteiger partial charge in [-0.2, -0.15) is 0 Å². The molecule has 0 aliphatic carbocycles. The summed E-state index contributed by atoms with van der Waals surface area (Å²) in [7, 11) is 0. The van der Waals surface area contributed by atoms with E-state index in [-0.39, 0.29) is 6.04 Å². The van der Waals surface area contributed by atoms with E-state index in [0.29, 0.717) is 0 Å². The third-order valence-corrected chi connectivity index (χ3v) is 3.16. The Bertz CT molecular complexity index is 492. The zero-order valence-electron chi connectivity index (χ0n) is 10.1. The molecule has 2 rings (SSSR count). The maximum absolute atomic E-state index is 5.59. The second kappa shape index (κ2) is 6.57. The number of halogens is 1. The topological polar surface area (TPSA) is 25.2 Å². The number of hydrogen-bond acceptors (Lipinski definition) is 2.